The van der Waals surface area contributed by atoms with Crippen molar-refractivity contribution in [1.82, 2.24) is 10.2 Å². The molecule has 0 saturated carbocycles. The summed E-state index contributed by atoms with van der Waals surface area (Å²) in [6.07, 6.45) is 1.84. The van der Waals surface area contributed by atoms with Crippen LogP contribution in [0.15, 0.2) is 60.8 Å². The molecule has 20 heavy (non-hydrogen) atoms. The first-order valence-corrected chi connectivity index (χ1v) is 6.70. The van der Waals surface area contributed by atoms with Crippen molar-refractivity contribution in [2.75, 3.05) is 0 Å². The zero-order chi connectivity index (χ0) is 13.1. The molecule has 92 valence electrons. The molecule has 0 radical (unpaired) electrons. The quantitative estimate of drug-likeness (QED) is 0.300. The van der Waals surface area contributed by atoms with Crippen molar-refractivity contribution < 1.29 is 0 Å². The van der Waals surface area contributed by atoms with Gasteiger partial charge in [-0.05, 0) is 21.5 Å². The molecule has 4 aromatic carbocycles. The molecule has 0 aliphatic heterocycles. The summed E-state index contributed by atoms with van der Waals surface area (Å²) in [6.45, 7) is 0. The van der Waals surface area contributed by atoms with E-state index in [2.05, 4.69) is 64.8 Å². The lowest BCUT2D eigenvalue weighted by molar-refractivity contribution is 1.09. The fraction of sp³-hybridized carbons (Fsp3) is 0. The molecule has 5 aromatic rings. The van der Waals surface area contributed by atoms with Crippen molar-refractivity contribution in [2.24, 2.45) is 0 Å². The highest BCUT2D eigenvalue weighted by molar-refractivity contribution is 6.31. The molecule has 0 aliphatic carbocycles. The molecule has 2 nitrogen and oxygen atoms in total. The predicted molar refractivity (Wildman–Crippen MR) is 83.2 cm³/mol. The van der Waals surface area contributed by atoms with Gasteiger partial charge in [-0.25, -0.2) is 0 Å². The summed E-state index contributed by atoms with van der Waals surface area (Å²) in [5.74, 6) is 0. The van der Waals surface area contributed by atoms with Gasteiger partial charge in [0.2, 0.25) is 0 Å². The first-order chi connectivity index (χ1) is 9.93. The maximum Gasteiger partial charge on any atom is 0.102 e. The number of nitrogens with zero attached hydrogens (tertiary/aromatic N) is 2. The van der Waals surface area contributed by atoms with Crippen LogP contribution in [-0.4, -0.2) is 10.2 Å². The van der Waals surface area contributed by atoms with Crippen LogP contribution in [0, 0.1) is 0 Å². The van der Waals surface area contributed by atoms with Gasteiger partial charge >= 0.3 is 0 Å². The van der Waals surface area contributed by atoms with Crippen LogP contribution in [0.2, 0.25) is 0 Å². The standard InChI is InChI=1S/C18H10N2/c1-4-11-5-2-9-15-16(11)13(7-1)14-8-3-6-12-10-19-20-18(15)17(12)14/h1-10H. The first kappa shape index (κ1) is 10.1. The number of aromatic nitrogens is 2. The van der Waals surface area contributed by atoms with Crippen LogP contribution in [0.4, 0.5) is 0 Å². The largest absolute Gasteiger partial charge is 0.158 e. The number of fused-ring (bicyclic) bond motifs is 2. The van der Waals surface area contributed by atoms with E-state index in [1.165, 1.54) is 32.3 Å². The second-order valence-corrected chi connectivity index (χ2v) is 5.17. The summed E-state index contributed by atoms with van der Waals surface area (Å²) in [5.41, 5.74) is 1.00. The number of benzene rings is 4. The fourth-order valence-electron chi connectivity index (χ4n) is 3.32. The zero-order valence-corrected chi connectivity index (χ0v) is 10.7. The second-order valence-electron chi connectivity index (χ2n) is 5.17. The average molecular weight is 254 g/mol. The fourth-order valence-corrected chi connectivity index (χ4v) is 3.32. The minimum Gasteiger partial charge on any atom is -0.158 e. The lowest BCUT2D eigenvalue weighted by atomic mass is 9.93. The normalized spacial score (nSPS) is 12.0. The van der Waals surface area contributed by atoms with E-state index in [0.29, 0.717) is 0 Å². The molecule has 1 heterocycles. The minimum atomic E-state index is 1.00. The molecule has 1 aromatic heterocycles. The SMILES string of the molecule is c1cc2cccc3c4nncc5cccc(c(c1)c23)c54. The lowest BCUT2D eigenvalue weighted by Crippen LogP contribution is -1.90. The van der Waals surface area contributed by atoms with Gasteiger partial charge in [0.1, 0.15) is 5.52 Å². The predicted octanol–water partition coefficient (Wildman–Crippen LogP) is 4.53. The second kappa shape index (κ2) is 3.42. The Bertz CT molecular complexity index is 926. The maximum absolute atomic E-state index is 4.41. The molecule has 0 saturated heterocycles. The molecular formula is C18H10N2. The summed E-state index contributed by atoms with van der Waals surface area (Å²) < 4.78 is 0. The summed E-state index contributed by atoms with van der Waals surface area (Å²) in [6, 6.07) is 19.2. The summed E-state index contributed by atoms with van der Waals surface area (Å²) >= 11 is 0. The molecule has 0 amide bonds. The smallest absolute Gasteiger partial charge is 0.102 e. The van der Waals surface area contributed by atoms with Gasteiger partial charge in [-0.3, -0.25) is 0 Å². The Morgan fingerprint density at radius 3 is 2.05 bits per heavy atom. The average Bonchev–Trinajstić information content (AvgIpc) is 2.52. The van der Waals surface area contributed by atoms with Crippen LogP contribution in [0.5, 0.6) is 0 Å². The third-order valence-electron chi connectivity index (χ3n) is 4.14. The Morgan fingerprint density at radius 2 is 1.25 bits per heavy atom. The van der Waals surface area contributed by atoms with Crippen molar-refractivity contribution in [1.29, 1.82) is 0 Å². The van der Waals surface area contributed by atoms with Gasteiger partial charge in [-0.2, -0.15) is 5.10 Å². The number of hydrogen-bond acceptors (Lipinski definition) is 2. The van der Waals surface area contributed by atoms with E-state index in [0.717, 1.165) is 10.9 Å². The minimum absolute atomic E-state index is 1.00. The lowest BCUT2D eigenvalue weighted by Gasteiger charge is -2.12. The Morgan fingerprint density at radius 1 is 0.600 bits per heavy atom. The summed E-state index contributed by atoms with van der Waals surface area (Å²) in [4.78, 5) is 0. The molecule has 0 unspecified atom stereocenters. The molecule has 2 heteroatoms. The molecule has 0 fully saturated rings. The van der Waals surface area contributed by atoms with E-state index in [9.17, 15) is 0 Å². The summed E-state index contributed by atoms with van der Waals surface area (Å²) in [7, 11) is 0. The van der Waals surface area contributed by atoms with Gasteiger partial charge < -0.3 is 0 Å². The maximum atomic E-state index is 4.41. The van der Waals surface area contributed by atoms with Gasteiger partial charge in [-0.1, -0.05) is 54.6 Å². The molecule has 0 spiro atoms. The van der Waals surface area contributed by atoms with Gasteiger partial charge in [0.05, 0.1) is 6.20 Å². The van der Waals surface area contributed by atoms with Gasteiger partial charge in [0, 0.05) is 16.2 Å². The molecule has 5 rings (SSSR count). The van der Waals surface area contributed by atoms with Gasteiger partial charge in [-0.15, -0.1) is 5.10 Å². The van der Waals surface area contributed by atoms with Crippen molar-refractivity contribution >= 4 is 43.2 Å². The Labute approximate surface area is 115 Å². The highest BCUT2D eigenvalue weighted by atomic mass is 15.1. The third kappa shape index (κ3) is 1.09. The van der Waals surface area contributed by atoms with Crippen molar-refractivity contribution in [3.8, 4) is 0 Å². The van der Waals surface area contributed by atoms with Gasteiger partial charge in [0.25, 0.3) is 0 Å². The van der Waals surface area contributed by atoms with Crippen LogP contribution in [0.1, 0.15) is 0 Å². The summed E-state index contributed by atoms with van der Waals surface area (Å²) in [5, 5.41) is 17.2. The Balaban J connectivity index is 2.32. The van der Waals surface area contributed by atoms with Crippen molar-refractivity contribution in [3.05, 3.63) is 60.8 Å². The van der Waals surface area contributed by atoms with E-state index in [4.69, 9.17) is 0 Å². The third-order valence-corrected chi connectivity index (χ3v) is 4.14. The molecule has 0 atom stereocenters. The van der Waals surface area contributed by atoms with E-state index in [1.54, 1.807) is 0 Å². The van der Waals surface area contributed by atoms with Crippen LogP contribution in [0.3, 0.4) is 0 Å². The van der Waals surface area contributed by atoms with Crippen molar-refractivity contribution in [2.45, 2.75) is 0 Å². The van der Waals surface area contributed by atoms with Crippen LogP contribution >= 0.6 is 0 Å². The highest BCUT2D eigenvalue weighted by Gasteiger charge is 2.12. The zero-order valence-electron chi connectivity index (χ0n) is 10.7. The number of rotatable bonds is 0. The Hall–Kier alpha value is -2.74. The molecule has 0 N–H and O–H groups in total. The first-order valence-electron chi connectivity index (χ1n) is 6.70. The van der Waals surface area contributed by atoms with Crippen molar-refractivity contribution in [3.63, 3.8) is 0 Å². The monoisotopic (exact) mass is 254 g/mol. The van der Waals surface area contributed by atoms with E-state index in [1.807, 2.05) is 6.20 Å². The van der Waals surface area contributed by atoms with E-state index >= 15 is 0 Å². The molecule has 0 aliphatic rings. The van der Waals surface area contributed by atoms with Crippen LogP contribution in [0.25, 0.3) is 43.2 Å². The van der Waals surface area contributed by atoms with E-state index in [-0.39, 0.29) is 0 Å². The molecular weight excluding hydrogens is 244 g/mol. The van der Waals surface area contributed by atoms with E-state index < -0.39 is 0 Å². The van der Waals surface area contributed by atoms with Crippen LogP contribution < -0.4 is 0 Å². The number of hydrogen-bond donors (Lipinski definition) is 0. The highest BCUT2D eigenvalue weighted by Crippen LogP contribution is 2.38. The molecule has 0 bridgehead atoms. The van der Waals surface area contributed by atoms with Gasteiger partial charge in [0.15, 0.2) is 0 Å². The van der Waals surface area contributed by atoms with Crippen LogP contribution in [-0.2, 0) is 0 Å². The Kier molecular flexibility index (Phi) is 1.73. The topological polar surface area (TPSA) is 25.8 Å².